The Morgan fingerprint density at radius 3 is 2.27 bits per heavy atom. The Hall–Kier alpha value is -3.09. The molecule has 1 N–H and O–H groups in total. The van der Waals surface area contributed by atoms with Crippen LogP contribution in [0.15, 0.2) is 46.0 Å². The van der Waals surface area contributed by atoms with Crippen molar-refractivity contribution in [3.05, 3.63) is 36.0 Å². The molecule has 1 aromatic rings. The van der Waals surface area contributed by atoms with Crippen LogP contribution in [0, 0.1) is 0 Å². The van der Waals surface area contributed by atoms with E-state index in [0.717, 1.165) is 36.7 Å². The van der Waals surface area contributed by atoms with Crippen molar-refractivity contribution >= 4 is 42.0 Å². The van der Waals surface area contributed by atoms with Crippen LogP contribution in [-0.4, -0.2) is 61.3 Å². The fourth-order valence-corrected chi connectivity index (χ4v) is 3.99. The van der Waals surface area contributed by atoms with Crippen molar-refractivity contribution in [1.82, 2.24) is 5.32 Å². The third-order valence-electron chi connectivity index (χ3n) is 5.74. The number of halogens is 7. The van der Waals surface area contributed by atoms with Crippen LogP contribution in [0.5, 0.6) is 5.75 Å². The molecule has 0 radical (unpaired) electrons. The van der Waals surface area contributed by atoms with Gasteiger partial charge >= 0.3 is 6.36 Å². The number of hydrogen-bond acceptors (Lipinski definition) is 5. The molecule has 0 spiro atoms. The Morgan fingerprint density at radius 1 is 1.24 bits per heavy atom. The van der Waals surface area contributed by atoms with E-state index in [2.05, 4.69) is 26.8 Å². The normalized spacial score (nSPS) is 19.1. The molecule has 1 saturated carbocycles. The van der Waals surface area contributed by atoms with E-state index in [9.17, 15) is 35.9 Å². The molecule has 2 rings (SSSR count). The minimum atomic E-state index is -4.99. The van der Waals surface area contributed by atoms with Gasteiger partial charge in [0.25, 0.3) is 17.4 Å². The lowest BCUT2D eigenvalue weighted by atomic mass is 9.86. The average molecular weight is 555 g/mol. The molecule has 37 heavy (non-hydrogen) atoms. The molecule has 2 amide bonds. The van der Waals surface area contributed by atoms with E-state index in [1.165, 1.54) is 14.0 Å². The summed E-state index contributed by atoms with van der Waals surface area (Å²) in [6.07, 6.45) is -3.84. The first kappa shape index (κ1) is 30.1. The van der Waals surface area contributed by atoms with Gasteiger partial charge in [0.2, 0.25) is 5.92 Å². The third-order valence-corrected chi connectivity index (χ3v) is 5.92. The lowest BCUT2D eigenvalue weighted by molar-refractivity contribution is -0.274. The Bertz CT molecular complexity index is 1040. The number of carbonyl (C=O) groups excluding carboxylic acids is 2. The van der Waals surface area contributed by atoms with Crippen LogP contribution >= 0.6 is 11.6 Å². The van der Waals surface area contributed by atoms with Crippen LogP contribution in [0.3, 0.4) is 0 Å². The molecule has 7 nitrogen and oxygen atoms in total. The molecule has 0 aliphatic heterocycles. The number of nitrogens with one attached hydrogen (secondary N) is 1. The lowest BCUT2D eigenvalue weighted by Gasteiger charge is -2.42. The fourth-order valence-electron chi connectivity index (χ4n) is 3.89. The molecular formula is C23H25ClF6N4O3. The summed E-state index contributed by atoms with van der Waals surface area (Å²) in [6, 6.07) is 3.00. The maximum Gasteiger partial charge on any atom is 0.573 e. The highest BCUT2D eigenvalue weighted by molar-refractivity contribution is 6.32. The zero-order chi connectivity index (χ0) is 28.0. The number of amides is 2. The minimum absolute atomic E-state index is 0.0614. The van der Waals surface area contributed by atoms with E-state index in [1.807, 2.05) is 0 Å². The van der Waals surface area contributed by atoms with E-state index >= 15 is 0 Å². The standard InChI is InChI=1S/C23H25ClF6N4O3/c1-21(14(12-31-2)13-32-3,20(36)33-15-8-10-22(26,27)11-9-15)34(19(35)18(24)25)16-4-6-17(7-5-16)37-23(28,29)30/h4-7,12-13,15,18H,2,8-11H2,1,3H3,(H,33,36)/b14-12+,32-13?/t18-,21-/m0/s1. The molecule has 0 heterocycles. The number of carbonyl (C=O) groups is 2. The largest absolute Gasteiger partial charge is 0.573 e. The number of anilines is 1. The second-order valence-corrected chi connectivity index (χ2v) is 8.73. The molecule has 1 aliphatic rings. The smallest absolute Gasteiger partial charge is 0.406 e. The highest BCUT2D eigenvalue weighted by Crippen LogP contribution is 2.36. The van der Waals surface area contributed by atoms with Gasteiger partial charge < -0.3 is 10.1 Å². The summed E-state index contributed by atoms with van der Waals surface area (Å²) in [6.45, 7) is 4.52. The number of hydrogen-bond donors (Lipinski definition) is 1. The number of rotatable bonds is 9. The van der Waals surface area contributed by atoms with Crippen molar-refractivity contribution in [2.75, 3.05) is 11.9 Å². The Morgan fingerprint density at radius 2 is 1.81 bits per heavy atom. The predicted molar refractivity (Wildman–Crippen MR) is 127 cm³/mol. The van der Waals surface area contributed by atoms with Crippen molar-refractivity contribution in [1.29, 1.82) is 0 Å². The molecular weight excluding hydrogens is 530 g/mol. The second kappa shape index (κ2) is 12.0. The zero-order valence-corrected chi connectivity index (χ0v) is 20.6. The van der Waals surface area contributed by atoms with Crippen LogP contribution in [0.25, 0.3) is 0 Å². The Kier molecular flexibility index (Phi) is 9.75. The highest BCUT2D eigenvalue weighted by Gasteiger charge is 2.49. The number of nitrogens with zero attached hydrogens (tertiary/aromatic N) is 3. The summed E-state index contributed by atoms with van der Waals surface area (Å²) >= 11 is 5.45. The summed E-state index contributed by atoms with van der Waals surface area (Å²) in [5.41, 5.74) is -5.12. The molecule has 0 saturated heterocycles. The molecule has 0 bridgehead atoms. The minimum Gasteiger partial charge on any atom is -0.406 e. The topological polar surface area (TPSA) is 83.4 Å². The molecule has 0 unspecified atom stereocenters. The number of benzene rings is 1. The van der Waals surface area contributed by atoms with Gasteiger partial charge in [-0.25, -0.2) is 13.2 Å². The maximum absolute atomic E-state index is 14.2. The summed E-state index contributed by atoms with van der Waals surface area (Å²) in [5, 5.41) is 2.61. The first-order valence-corrected chi connectivity index (χ1v) is 11.3. The van der Waals surface area contributed by atoms with Gasteiger partial charge in [-0.15, -0.1) is 13.2 Å². The zero-order valence-electron chi connectivity index (χ0n) is 19.9. The summed E-state index contributed by atoms with van der Waals surface area (Å²) in [4.78, 5) is 34.8. The number of alkyl halides is 7. The molecule has 204 valence electrons. The summed E-state index contributed by atoms with van der Waals surface area (Å²) in [5.74, 6) is -5.86. The molecule has 1 aromatic carbocycles. The highest BCUT2D eigenvalue weighted by atomic mass is 35.5. The van der Waals surface area contributed by atoms with Gasteiger partial charge in [0.15, 0.2) is 5.54 Å². The van der Waals surface area contributed by atoms with E-state index in [-0.39, 0.29) is 24.1 Å². The molecule has 0 aromatic heterocycles. The quantitative estimate of drug-likeness (QED) is 0.259. The fraction of sp³-hybridized carbons (Fsp3) is 0.478. The predicted octanol–water partition coefficient (Wildman–Crippen LogP) is 5.19. The van der Waals surface area contributed by atoms with E-state index in [1.54, 1.807) is 0 Å². The van der Waals surface area contributed by atoms with Crippen molar-refractivity contribution in [3.63, 3.8) is 0 Å². The Labute approximate surface area is 214 Å². The van der Waals surface area contributed by atoms with Crippen molar-refractivity contribution in [2.24, 2.45) is 9.98 Å². The van der Waals surface area contributed by atoms with Gasteiger partial charge in [-0.05, 0) is 50.7 Å². The number of aliphatic imine (C=N–C) groups is 2. The molecule has 1 fully saturated rings. The summed E-state index contributed by atoms with van der Waals surface area (Å²) in [7, 11) is 1.34. The van der Waals surface area contributed by atoms with Crippen LogP contribution in [0.2, 0.25) is 0 Å². The van der Waals surface area contributed by atoms with Gasteiger partial charge in [-0.2, -0.15) is 0 Å². The van der Waals surface area contributed by atoms with Crippen molar-refractivity contribution in [2.45, 2.75) is 62.1 Å². The van der Waals surface area contributed by atoms with Crippen LogP contribution in [0.4, 0.5) is 32.0 Å². The first-order chi connectivity index (χ1) is 17.1. The maximum atomic E-state index is 14.2. The van der Waals surface area contributed by atoms with Crippen LogP contribution < -0.4 is 15.0 Å². The number of ether oxygens (including phenoxy) is 1. The van der Waals surface area contributed by atoms with E-state index in [0.29, 0.717) is 4.90 Å². The average Bonchev–Trinajstić information content (AvgIpc) is 2.80. The van der Waals surface area contributed by atoms with Crippen LogP contribution in [-0.2, 0) is 9.59 Å². The SMILES string of the molecule is C=N/C=C(\C=NC)[C@@](C)(C(=O)NC1CCC(F)(F)CC1)N(C(=O)[C@H](F)Cl)c1ccc(OC(F)(F)F)cc1. The van der Waals surface area contributed by atoms with Gasteiger partial charge in [0.05, 0.1) is 0 Å². The Balaban J connectivity index is 2.62. The first-order valence-electron chi connectivity index (χ1n) is 10.9. The molecule has 1 aliphatic carbocycles. The molecule has 2 atom stereocenters. The van der Waals surface area contributed by atoms with Crippen LogP contribution in [0.1, 0.15) is 32.6 Å². The second-order valence-electron chi connectivity index (χ2n) is 8.35. The van der Waals surface area contributed by atoms with E-state index < -0.39 is 59.9 Å². The van der Waals surface area contributed by atoms with Gasteiger partial charge in [-0.1, -0.05) is 11.6 Å². The van der Waals surface area contributed by atoms with E-state index in [4.69, 9.17) is 11.6 Å². The van der Waals surface area contributed by atoms with Gasteiger partial charge in [0, 0.05) is 49.6 Å². The summed E-state index contributed by atoms with van der Waals surface area (Å²) < 4.78 is 83.0. The molecule has 14 heteroatoms. The van der Waals surface area contributed by atoms with Gasteiger partial charge in [-0.3, -0.25) is 24.5 Å². The van der Waals surface area contributed by atoms with Gasteiger partial charge in [0.1, 0.15) is 5.75 Å². The van der Waals surface area contributed by atoms with Crippen molar-refractivity contribution < 1.29 is 40.7 Å². The lowest BCUT2D eigenvalue weighted by Crippen LogP contribution is -2.63. The third kappa shape index (κ3) is 7.70. The van der Waals surface area contributed by atoms with Crippen molar-refractivity contribution in [3.8, 4) is 5.75 Å². The monoisotopic (exact) mass is 554 g/mol.